The lowest BCUT2D eigenvalue weighted by Crippen LogP contribution is -2.48. The first kappa shape index (κ1) is 19.9. The van der Waals surface area contributed by atoms with Gasteiger partial charge in [0.15, 0.2) is 5.65 Å². The van der Waals surface area contributed by atoms with Crippen LogP contribution in [0.3, 0.4) is 0 Å². The minimum Gasteiger partial charge on any atom is -0.331 e. The summed E-state index contributed by atoms with van der Waals surface area (Å²) in [5.41, 5.74) is 3.51. The zero-order chi connectivity index (χ0) is 21.9. The number of hydrogen-bond acceptors (Lipinski definition) is 5. The van der Waals surface area contributed by atoms with E-state index < -0.39 is 22.4 Å². The zero-order valence-corrected chi connectivity index (χ0v) is 18.0. The third kappa shape index (κ3) is 3.25. The maximum Gasteiger partial charge on any atom is 0.244 e. The maximum atomic E-state index is 14.3. The molecular formula is C21H22FN5O3S. The molecule has 0 spiro atoms. The van der Waals surface area contributed by atoms with Crippen molar-refractivity contribution in [2.75, 3.05) is 17.1 Å². The molecule has 0 aliphatic carbocycles. The SMILES string of the molecule is Cc1cc2ncc3c(n2n1)CC1CCC3N1C(=O)CN(c1ccccc1F)S(C)(=O)=O. The van der Waals surface area contributed by atoms with E-state index in [-0.39, 0.29) is 23.7 Å². The van der Waals surface area contributed by atoms with Gasteiger partial charge in [-0.25, -0.2) is 22.3 Å². The molecule has 3 aromatic rings. The van der Waals surface area contributed by atoms with Crippen molar-refractivity contribution in [3.05, 3.63) is 59.3 Å². The molecule has 1 amide bonds. The molecule has 0 N–H and O–H groups in total. The molecule has 1 fully saturated rings. The molecule has 2 aromatic heterocycles. The fourth-order valence-electron chi connectivity index (χ4n) is 4.82. The van der Waals surface area contributed by atoms with Gasteiger partial charge in [0.2, 0.25) is 15.9 Å². The highest BCUT2D eigenvalue weighted by atomic mass is 32.2. The second kappa shape index (κ2) is 7.01. The predicted molar refractivity (Wildman–Crippen MR) is 113 cm³/mol. The second-order valence-electron chi connectivity index (χ2n) is 8.19. The number of fused-ring (bicyclic) bond motifs is 6. The van der Waals surface area contributed by atoms with Crippen LogP contribution in [0.15, 0.2) is 36.5 Å². The summed E-state index contributed by atoms with van der Waals surface area (Å²) < 4.78 is 41.8. The van der Waals surface area contributed by atoms with Gasteiger partial charge >= 0.3 is 0 Å². The molecule has 8 nitrogen and oxygen atoms in total. The van der Waals surface area contributed by atoms with Gasteiger partial charge in [-0.1, -0.05) is 12.1 Å². The largest absolute Gasteiger partial charge is 0.331 e. The number of benzene rings is 1. The molecule has 5 rings (SSSR count). The predicted octanol–water partition coefficient (Wildman–Crippen LogP) is 2.23. The van der Waals surface area contributed by atoms with Gasteiger partial charge in [-0.15, -0.1) is 0 Å². The zero-order valence-electron chi connectivity index (χ0n) is 17.2. The molecule has 0 saturated carbocycles. The minimum atomic E-state index is -3.86. The van der Waals surface area contributed by atoms with Gasteiger partial charge in [-0.3, -0.25) is 9.10 Å². The Kier molecular flexibility index (Phi) is 4.51. The van der Waals surface area contributed by atoms with Gasteiger partial charge in [0.05, 0.1) is 29.4 Å². The Morgan fingerprint density at radius 2 is 2.06 bits per heavy atom. The number of aryl methyl sites for hydroxylation is 1. The Morgan fingerprint density at radius 3 is 2.81 bits per heavy atom. The molecule has 2 atom stereocenters. The molecular weight excluding hydrogens is 421 g/mol. The number of carbonyl (C=O) groups is 1. The number of nitrogens with zero attached hydrogens (tertiary/aromatic N) is 5. The lowest BCUT2D eigenvalue weighted by atomic mass is 9.99. The van der Waals surface area contributed by atoms with Crippen molar-refractivity contribution in [1.29, 1.82) is 0 Å². The number of amides is 1. The number of aromatic nitrogens is 3. The maximum absolute atomic E-state index is 14.3. The van der Waals surface area contributed by atoms with E-state index >= 15 is 0 Å². The van der Waals surface area contributed by atoms with E-state index in [1.807, 2.05) is 17.5 Å². The highest BCUT2D eigenvalue weighted by Gasteiger charge is 2.44. The molecule has 1 saturated heterocycles. The number of anilines is 1. The molecule has 31 heavy (non-hydrogen) atoms. The van der Waals surface area contributed by atoms with Crippen LogP contribution in [0.2, 0.25) is 0 Å². The van der Waals surface area contributed by atoms with Gasteiger partial charge in [0.1, 0.15) is 12.4 Å². The number of hydrogen-bond donors (Lipinski definition) is 0. The van der Waals surface area contributed by atoms with Crippen LogP contribution in [0, 0.1) is 12.7 Å². The smallest absolute Gasteiger partial charge is 0.244 e. The van der Waals surface area contributed by atoms with Crippen molar-refractivity contribution in [2.24, 2.45) is 0 Å². The number of para-hydroxylation sites is 1. The summed E-state index contributed by atoms with van der Waals surface area (Å²) in [5.74, 6) is -1.03. The lowest BCUT2D eigenvalue weighted by molar-refractivity contribution is -0.133. The molecule has 0 radical (unpaired) electrons. The van der Waals surface area contributed by atoms with Crippen LogP contribution in [0.25, 0.3) is 5.65 Å². The minimum absolute atomic E-state index is 0.0536. The quantitative estimate of drug-likeness (QED) is 0.617. The molecule has 2 aliphatic heterocycles. The summed E-state index contributed by atoms with van der Waals surface area (Å²) in [5, 5.41) is 4.54. The normalized spacial score (nSPS) is 20.2. The first-order valence-electron chi connectivity index (χ1n) is 10.1. The summed E-state index contributed by atoms with van der Waals surface area (Å²) in [6, 6.07) is 7.25. The van der Waals surface area contributed by atoms with E-state index in [9.17, 15) is 17.6 Å². The van der Waals surface area contributed by atoms with Crippen molar-refractivity contribution in [1.82, 2.24) is 19.5 Å². The van der Waals surface area contributed by atoms with Gasteiger partial charge in [0.25, 0.3) is 0 Å². The first-order chi connectivity index (χ1) is 14.7. The van der Waals surface area contributed by atoms with Gasteiger partial charge in [0, 0.05) is 30.3 Å². The summed E-state index contributed by atoms with van der Waals surface area (Å²) in [6.07, 6.45) is 4.98. The number of rotatable bonds is 4. The fourth-order valence-corrected chi connectivity index (χ4v) is 5.67. The standard InChI is InChI=1S/C21H22FN5O3S/c1-13-9-20-23-11-15-17-8-7-14(10-19(15)27(20)24-13)26(17)21(28)12-25(31(2,29)30)18-6-4-3-5-16(18)22/h3-6,9,11,14,17H,7-8,10,12H2,1-2H3. The molecule has 10 heteroatoms. The van der Waals surface area contributed by atoms with Gasteiger partial charge in [-0.05, 0) is 31.9 Å². The third-order valence-corrected chi connectivity index (χ3v) is 7.24. The molecule has 1 aromatic carbocycles. The highest BCUT2D eigenvalue weighted by molar-refractivity contribution is 7.92. The van der Waals surface area contributed by atoms with Crippen molar-refractivity contribution in [3.63, 3.8) is 0 Å². The first-order valence-corrected chi connectivity index (χ1v) is 12.0. The number of carbonyl (C=O) groups excluding carboxylic acids is 1. The van der Waals surface area contributed by atoms with E-state index in [1.54, 1.807) is 17.2 Å². The van der Waals surface area contributed by atoms with Gasteiger partial charge in [-0.2, -0.15) is 5.10 Å². The monoisotopic (exact) mass is 443 g/mol. The van der Waals surface area contributed by atoms with Crippen LogP contribution in [0.1, 0.15) is 35.8 Å². The number of sulfonamides is 1. The Morgan fingerprint density at radius 1 is 1.29 bits per heavy atom. The average molecular weight is 444 g/mol. The average Bonchev–Trinajstić information content (AvgIpc) is 3.24. The van der Waals surface area contributed by atoms with Crippen LogP contribution in [-0.2, 0) is 21.2 Å². The van der Waals surface area contributed by atoms with E-state index in [0.29, 0.717) is 6.42 Å². The lowest BCUT2D eigenvalue weighted by Gasteiger charge is -2.37. The summed E-state index contributed by atoms with van der Waals surface area (Å²) in [7, 11) is -3.86. The van der Waals surface area contributed by atoms with Crippen LogP contribution in [0.4, 0.5) is 10.1 Å². The van der Waals surface area contributed by atoms with E-state index in [0.717, 1.165) is 46.0 Å². The fraction of sp³-hybridized carbons (Fsp3) is 0.381. The summed E-state index contributed by atoms with van der Waals surface area (Å²) in [6.45, 7) is 1.47. The molecule has 2 unspecified atom stereocenters. The Bertz CT molecular complexity index is 1310. The number of halogens is 1. The van der Waals surface area contributed by atoms with Crippen LogP contribution in [-0.4, -0.2) is 52.7 Å². The van der Waals surface area contributed by atoms with E-state index in [4.69, 9.17) is 0 Å². The summed E-state index contributed by atoms with van der Waals surface area (Å²) in [4.78, 5) is 19.6. The molecule has 4 heterocycles. The third-order valence-electron chi connectivity index (χ3n) is 6.12. The molecule has 2 bridgehead atoms. The van der Waals surface area contributed by atoms with Crippen LogP contribution in [0.5, 0.6) is 0 Å². The summed E-state index contributed by atoms with van der Waals surface area (Å²) >= 11 is 0. The van der Waals surface area contributed by atoms with Crippen molar-refractivity contribution < 1.29 is 17.6 Å². The van der Waals surface area contributed by atoms with Crippen molar-refractivity contribution in [2.45, 2.75) is 38.3 Å². The van der Waals surface area contributed by atoms with Crippen LogP contribution < -0.4 is 4.31 Å². The van der Waals surface area contributed by atoms with Crippen molar-refractivity contribution in [3.8, 4) is 0 Å². The van der Waals surface area contributed by atoms with Gasteiger partial charge < -0.3 is 4.90 Å². The topological polar surface area (TPSA) is 87.9 Å². The van der Waals surface area contributed by atoms with Crippen LogP contribution >= 0.6 is 0 Å². The molecule has 2 aliphatic rings. The van der Waals surface area contributed by atoms with E-state index in [1.165, 1.54) is 18.2 Å². The highest BCUT2D eigenvalue weighted by Crippen LogP contribution is 2.43. The van der Waals surface area contributed by atoms with E-state index in [2.05, 4.69) is 10.1 Å². The second-order valence-corrected chi connectivity index (χ2v) is 10.1. The van der Waals surface area contributed by atoms with Crippen molar-refractivity contribution >= 4 is 27.3 Å². The Hall–Kier alpha value is -3.01. The Balaban J connectivity index is 1.49. The Labute approximate surface area is 179 Å². The molecule has 162 valence electrons.